The van der Waals surface area contributed by atoms with Crippen molar-refractivity contribution in [2.75, 3.05) is 0 Å². The number of aromatic hydroxyl groups is 1. The van der Waals surface area contributed by atoms with Gasteiger partial charge in [0.25, 0.3) is 5.56 Å². The molecule has 1 aromatic heterocycles. The van der Waals surface area contributed by atoms with Crippen molar-refractivity contribution in [2.45, 2.75) is 0 Å². The predicted molar refractivity (Wildman–Crippen MR) is 72.5 cm³/mol. The molecule has 0 amide bonds. The first kappa shape index (κ1) is 13.5. The first-order chi connectivity index (χ1) is 8.34. The van der Waals surface area contributed by atoms with Gasteiger partial charge in [-0.05, 0) is 0 Å². The topological polar surface area (TPSA) is 70.2 Å². The maximum absolute atomic E-state index is 11.4. The van der Waals surface area contributed by atoms with Gasteiger partial charge in [-0.2, -0.15) is 0 Å². The summed E-state index contributed by atoms with van der Waals surface area (Å²) < 4.78 is 0. The van der Waals surface area contributed by atoms with Crippen LogP contribution in [0, 0.1) is 0 Å². The van der Waals surface area contributed by atoms with Gasteiger partial charge in [0.05, 0.1) is 31.0 Å². The molecule has 2 N–H and O–H groups in total. The number of H-pyrrole nitrogens is 1. The number of hydrogen-bond donors (Lipinski definition) is 2. The molecular formula is C10H3Cl4NO3. The lowest BCUT2D eigenvalue weighted by Crippen LogP contribution is -2.22. The van der Waals surface area contributed by atoms with E-state index in [9.17, 15) is 14.7 Å². The van der Waals surface area contributed by atoms with Crippen LogP contribution in [-0.4, -0.2) is 10.1 Å². The van der Waals surface area contributed by atoms with Crippen molar-refractivity contribution < 1.29 is 5.11 Å². The van der Waals surface area contributed by atoms with E-state index in [1.54, 1.807) is 0 Å². The van der Waals surface area contributed by atoms with Gasteiger partial charge < -0.3 is 10.1 Å². The number of nitrogens with one attached hydrogen (secondary N) is 1. The fourth-order valence-corrected chi connectivity index (χ4v) is 2.42. The second-order valence-electron chi connectivity index (χ2n) is 3.35. The Morgan fingerprint density at radius 1 is 0.944 bits per heavy atom. The minimum Gasteiger partial charge on any atom is -0.507 e. The molecule has 0 atom stereocenters. The fraction of sp³-hybridized carbons (Fsp3) is 0. The molecule has 94 valence electrons. The van der Waals surface area contributed by atoms with Crippen molar-refractivity contribution in [3.05, 3.63) is 46.7 Å². The zero-order chi connectivity index (χ0) is 13.6. The Morgan fingerprint density at radius 2 is 1.50 bits per heavy atom. The minimum absolute atomic E-state index is 0.0460. The number of aromatic nitrogens is 1. The fourth-order valence-electron chi connectivity index (χ4n) is 1.43. The van der Waals surface area contributed by atoms with E-state index in [1.165, 1.54) is 0 Å². The van der Waals surface area contributed by atoms with Gasteiger partial charge in [-0.25, -0.2) is 0 Å². The van der Waals surface area contributed by atoms with Gasteiger partial charge in [-0.1, -0.05) is 46.4 Å². The van der Waals surface area contributed by atoms with E-state index in [-0.39, 0.29) is 31.0 Å². The number of hydrogen-bond acceptors (Lipinski definition) is 3. The normalized spacial score (nSPS) is 10.9. The lowest BCUT2D eigenvalue weighted by molar-refractivity contribution is 0.481. The summed E-state index contributed by atoms with van der Waals surface area (Å²) in [6, 6.07) is 0.730. The van der Waals surface area contributed by atoms with Crippen molar-refractivity contribution in [1.82, 2.24) is 4.98 Å². The van der Waals surface area contributed by atoms with Gasteiger partial charge in [0.2, 0.25) is 5.43 Å². The highest BCUT2D eigenvalue weighted by Gasteiger charge is 2.18. The smallest absolute Gasteiger partial charge is 0.296 e. The second kappa shape index (κ2) is 4.63. The van der Waals surface area contributed by atoms with Gasteiger partial charge in [0, 0.05) is 6.07 Å². The zero-order valence-electron chi connectivity index (χ0n) is 8.35. The molecule has 0 aliphatic rings. The molecule has 0 aliphatic carbocycles. The molecule has 2 aromatic rings. The molecule has 0 unspecified atom stereocenters. The Kier molecular flexibility index (Phi) is 3.47. The van der Waals surface area contributed by atoms with Crippen LogP contribution in [-0.2, 0) is 0 Å². The average molecular weight is 327 g/mol. The second-order valence-corrected chi connectivity index (χ2v) is 4.87. The third kappa shape index (κ3) is 1.95. The van der Waals surface area contributed by atoms with E-state index in [0.717, 1.165) is 6.07 Å². The van der Waals surface area contributed by atoms with Crippen LogP contribution < -0.4 is 11.0 Å². The molecule has 0 saturated carbocycles. The SMILES string of the molecule is O=c1cc(O)c2c(Cl)c(Cl)c(Cl)c(Cl)c2[nH]c1=O. The largest absolute Gasteiger partial charge is 0.507 e. The number of rotatable bonds is 0. The van der Waals surface area contributed by atoms with Crippen molar-refractivity contribution >= 4 is 57.3 Å². The van der Waals surface area contributed by atoms with Crippen molar-refractivity contribution in [3.63, 3.8) is 0 Å². The van der Waals surface area contributed by atoms with Crippen LogP contribution in [0.15, 0.2) is 15.7 Å². The number of halogens is 4. The summed E-state index contributed by atoms with van der Waals surface area (Å²) in [5.41, 5.74) is -1.96. The summed E-state index contributed by atoms with van der Waals surface area (Å²) in [5, 5.41) is 9.34. The monoisotopic (exact) mass is 325 g/mol. The van der Waals surface area contributed by atoms with E-state index < -0.39 is 16.7 Å². The Labute approximate surface area is 120 Å². The predicted octanol–water partition coefficient (Wildman–Crippen LogP) is 3.21. The lowest BCUT2D eigenvalue weighted by Gasteiger charge is -2.06. The molecule has 0 fully saturated rings. The molecule has 0 spiro atoms. The zero-order valence-corrected chi connectivity index (χ0v) is 11.4. The maximum atomic E-state index is 11.4. The average Bonchev–Trinajstić information content (AvgIpc) is 2.42. The highest BCUT2D eigenvalue weighted by molar-refractivity contribution is 6.55. The van der Waals surface area contributed by atoms with E-state index >= 15 is 0 Å². The van der Waals surface area contributed by atoms with E-state index in [4.69, 9.17) is 46.4 Å². The molecule has 1 heterocycles. The molecular weight excluding hydrogens is 324 g/mol. The number of benzene rings is 1. The highest BCUT2D eigenvalue weighted by Crippen LogP contribution is 2.43. The van der Waals surface area contributed by atoms with Crippen LogP contribution in [0.4, 0.5) is 0 Å². The summed E-state index contributed by atoms with van der Waals surface area (Å²) >= 11 is 23.5. The molecule has 0 aliphatic heterocycles. The van der Waals surface area contributed by atoms with Crippen LogP contribution in [0.2, 0.25) is 20.1 Å². The standard InChI is InChI=1S/C10H3Cl4NO3/c11-5-4-2(16)1-3(17)10(18)15-9(4)8(14)7(13)6(5)12/h1,16H,(H,15,17,18). The van der Waals surface area contributed by atoms with E-state index in [2.05, 4.69) is 4.98 Å². The van der Waals surface area contributed by atoms with Crippen LogP contribution in [0.1, 0.15) is 0 Å². The maximum Gasteiger partial charge on any atom is 0.296 e. The van der Waals surface area contributed by atoms with Crippen molar-refractivity contribution in [3.8, 4) is 5.75 Å². The first-order valence-corrected chi connectivity index (χ1v) is 5.98. The van der Waals surface area contributed by atoms with Crippen molar-refractivity contribution in [1.29, 1.82) is 0 Å². The van der Waals surface area contributed by atoms with E-state index in [0.29, 0.717) is 0 Å². The third-order valence-electron chi connectivity index (χ3n) is 2.25. The van der Waals surface area contributed by atoms with Gasteiger partial charge in [-0.15, -0.1) is 0 Å². The molecule has 8 heteroatoms. The summed E-state index contributed by atoms with van der Waals surface area (Å²) in [4.78, 5) is 24.9. The summed E-state index contributed by atoms with van der Waals surface area (Å²) in [5.74, 6) is -0.515. The van der Waals surface area contributed by atoms with Gasteiger partial charge in [0.15, 0.2) is 0 Å². The first-order valence-electron chi connectivity index (χ1n) is 4.47. The molecule has 1 aromatic carbocycles. The quantitative estimate of drug-likeness (QED) is 0.443. The molecule has 18 heavy (non-hydrogen) atoms. The molecule has 2 rings (SSSR count). The van der Waals surface area contributed by atoms with Crippen LogP contribution >= 0.6 is 46.4 Å². The molecule has 0 bridgehead atoms. The van der Waals surface area contributed by atoms with Crippen LogP contribution in [0.5, 0.6) is 5.75 Å². The summed E-state index contributed by atoms with van der Waals surface area (Å²) in [6.07, 6.45) is 0. The Morgan fingerprint density at radius 3 is 2.11 bits per heavy atom. The minimum atomic E-state index is -0.961. The van der Waals surface area contributed by atoms with Gasteiger partial charge >= 0.3 is 0 Å². The van der Waals surface area contributed by atoms with E-state index in [1.807, 2.05) is 0 Å². The molecule has 4 nitrogen and oxygen atoms in total. The summed E-state index contributed by atoms with van der Waals surface area (Å²) in [7, 11) is 0. The Balaban J connectivity index is 3.28. The summed E-state index contributed by atoms with van der Waals surface area (Å²) in [6.45, 7) is 0. The van der Waals surface area contributed by atoms with Crippen LogP contribution in [0.25, 0.3) is 10.9 Å². The van der Waals surface area contributed by atoms with Crippen molar-refractivity contribution in [2.24, 2.45) is 0 Å². The number of aromatic amines is 1. The molecule has 0 radical (unpaired) electrons. The number of fused-ring (bicyclic) bond motifs is 1. The van der Waals surface area contributed by atoms with Gasteiger partial charge in [-0.3, -0.25) is 9.59 Å². The lowest BCUT2D eigenvalue weighted by atomic mass is 10.2. The van der Waals surface area contributed by atoms with Gasteiger partial charge in [0.1, 0.15) is 5.75 Å². The molecule has 0 saturated heterocycles. The third-order valence-corrected chi connectivity index (χ3v) is 4.06. The highest BCUT2D eigenvalue weighted by atomic mass is 35.5. The van der Waals surface area contributed by atoms with Crippen LogP contribution in [0.3, 0.4) is 0 Å². The Bertz CT molecular complexity index is 785. The Hall–Kier alpha value is -0.940.